The number of methoxy groups -OCH3 is 2. The lowest BCUT2D eigenvalue weighted by Crippen LogP contribution is -2.38. The fourth-order valence-corrected chi connectivity index (χ4v) is 6.65. The third kappa shape index (κ3) is 7.22. The number of amides is 1. The molecule has 220 valence electrons. The fourth-order valence-electron chi connectivity index (χ4n) is 3.91. The third-order valence-corrected chi connectivity index (χ3v) is 9.81. The highest BCUT2D eigenvalue weighted by atomic mass is 79.9. The minimum atomic E-state index is -4.18. The lowest BCUT2D eigenvalue weighted by atomic mass is 10.2. The van der Waals surface area contributed by atoms with Crippen molar-refractivity contribution in [2.45, 2.75) is 16.7 Å². The summed E-state index contributed by atoms with van der Waals surface area (Å²) in [6.07, 6.45) is 0. The van der Waals surface area contributed by atoms with E-state index in [0.717, 1.165) is 14.3 Å². The zero-order valence-corrected chi connectivity index (χ0v) is 26.1. The second kappa shape index (κ2) is 12.8. The molecule has 0 saturated heterocycles. The molecule has 4 aromatic carbocycles. The van der Waals surface area contributed by atoms with E-state index in [1.54, 1.807) is 42.5 Å². The van der Waals surface area contributed by atoms with Gasteiger partial charge in [0.2, 0.25) is 5.91 Å². The highest BCUT2D eigenvalue weighted by molar-refractivity contribution is 9.10. The number of benzene rings is 4. The number of ether oxygens (including phenoxy) is 2. The lowest BCUT2D eigenvalue weighted by molar-refractivity contribution is -0.114. The number of aryl methyl sites for hydroxylation is 1. The van der Waals surface area contributed by atoms with E-state index in [2.05, 4.69) is 26.0 Å². The number of hydrogen-bond acceptors (Lipinski definition) is 7. The minimum Gasteiger partial charge on any atom is -0.493 e. The number of nitrogens with zero attached hydrogens (tertiary/aromatic N) is 1. The topological polar surface area (TPSA) is 131 Å². The molecule has 0 radical (unpaired) electrons. The van der Waals surface area contributed by atoms with Crippen LogP contribution < -0.4 is 23.8 Å². The van der Waals surface area contributed by atoms with Crippen LogP contribution in [0.1, 0.15) is 5.56 Å². The molecule has 0 aliphatic heterocycles. The van der Waals surface area contributed by atoms with Gasteiger partial charge in [0.25, 0.3) is 20.0 Å². The smallest absolute Gasteiger partial charge is 0.264 e. The van der Waals surface area contributed by atoms with Crippen LogP contribution in [0.4, 0.5) is 17.1 Å². The van der Waals surface area contributed by atoms with E-state index in [4.69, 9.17) is 9.47 Å². The van der Waals surface area contributed by atoms with Crippen molar-refractivity contribution in [2.75, 3.05) is 35.1 Å². The van der Waals surface area contributed by atoms with Crippen LogP contribution in [0.25, 0.3) is 0 Å². The molecule has 0 bridgehead atoms. The molecule has 0 spiro atoms. The first-order chi connectivity index (χ1) is 19.9. The SMILES string of the molecule is COc1ccc(N(CC(=O)Nc2ccc(S(=O)(=O)Nc3ccc(Br)cc3)cc2)S(=O)(=O)c2ccc(C)cc2)cc1OC. The van der Waals surface area contributed by atoms with Crippen molar-refractivity contribution in [1.29, 1.82) is 0 Å². The molecule has 0 heterocycles. The molecular weight excluding hydrogens is 646 g/mol. The number of halogens is 1. The van der Waals surface area contributed by atoms with E-state index in [0.29, 0.717) is 11.4 Å². The Hall–Kier alpha value is -4.07. The molecule has 0 unspecified atom stereocenters. The number of hydrogen-bond donors (Lipinski definition) is 2. The monoisotopic (exact) mass is 673 g/mol. The molecule has 4 aromatic rings. The molecule has 0 aromatic heterocycles. The van der Waals surface area contributed by atoms with Gasteiger partial charge in [-0.05, 0) is 79.7 Å². The van der Waals surface area contributed by atoms with Gasteiger partial charge in [0.15, 0.2) is 11.5 Å². The summed E-state index contributed by atoms with van der Waals surface area (Å²) < 4.78 is 67.9. The normalized spacial score (nSPS) is 11.4. The fraction of sp³-hybridized carbons (Fsp3) is 0.138. The Kier molecular flexibility index (Phi) is 9.44. The van der Waals surface area contributed by atoms with Crippen LogP contribution >= 0.6 is 15.9 Å². The summed E-state index contributed by atoms with van der Waals surface area (Å²) in [6.45, 7) is 1.26. The van der Waals surface area contributed by atoms with E-state index in [1.165, 1.54) is 62.8 Å². The number of nitrogens with one attached hydrogen (secondary N) is 2. The first-order valence-electron chi connectivity index (χ1n) is 12.4. The maximum atomic E-state index is 13.7. The molecule has 0 aliphatic rings. The molecule has 0 fully saturated rings. The van der Waals surface area contributed by atoms with Crippen LogP contribution in [0.5, 0.6) is 11.5 Å². The standard InChI is InChI=1S/C29H28BrN3O7S2/c1-20-4-13-26(14-5-20)42(37,38)33(24-12-17-27(39-2)28(18-24)40-3)19-29(34)31-22-10-15-25(16-11-22)41(35,36)32-23-8-6-21(30)7-9-23/h4-18,32H,19H2,1-3H3,(H,31,34). The van der Waals surface area contributed by atoms with Crippen molar-refractivity contribution in [2.24, 2.45) is 0 Å². The molecular formula is C29H28BrN3O7S2. The Morgan fingerprint density at radius 2 is 1.33 bits per heavy atom. The quantitative estimate of drug-likeness (QED) is 0.218. The van der Waals surface area contributed by atoms with Crippen LogP contribution in [-0.4, -0.2) is 43.5 Å². The van der Waals surface area contributed by atoms with Gasteiger partial charge in [-0.15, -0.1) is 0 Å². The summed E-state index contributed by atoms with van der Waals surface area (Å²) in [5.41, 5.74) is 1.73. The Balaban J connectivity index is 1.57. The highest BCUT2D eigenvalue weighted by Gasteiger charge is 2.28. The minimum absolute atomic E-state index is 0.00326. The number of rotatable bonds is 11. The Morgan fingerprint density at radius 3 is 1.93 bits per heavy atom. The largest absolute Gasteiger partial charge is 0.493 e. The Bertz CT molecular complexity index is 1780. The lowest BCUT2D eigenvalue weighted by Gasteiger charge is -2.25. The molecule has 10 nitrogen and oxygen atoms in total. The van der Waals surface area contributed by atoms with E-state index in [-0.39, 0.29) is 26.9 Å². The number of carbonyl (C=O) groups is 1. The zero-order valence-electron chi connectivity index (χ0n) is 22.9. The maximum absolute atomic E-state index is 13.7. The van der Waals surface area contributed by atoms with Crippen LogP contribution in [0, 0.1) is 6.92 Å². The van der Waals surface area contributed by atoms with Crippen molar-refractivity contribution in [1.82, 2.24) is 0 Å². The highest BCUT2D eigenvalue weighted by Crippen LogP contribution is 2.34. The van der Waals surface area contributed by atoms with Crippen LogP contribution in [0.3, 0.4) is 0 Å². The van der Waals surface area contributed by atoms with Crippen molar-refractivity contribution >= 4 is 58.9 Å². The molecule has 2 N–H and O–H groups in total. The molecule has 42 heavy (non-hydrogen) atoms. The van der Waals surface area contributed by atoms with Crippen LogP contribution in [0.2, 0.25) is 0 Å². The van der Waals surface area contributed by atoms with Crippen molar-refractivity contribution in [3.05, 3.63) is 101 Å². The second-order valence-electron chi connectivity index (χ2n) is 9.05. The van der Waals surface area contributed by atoms with Gasteiger partial charge in [0, 0.05) is 21.9 Å². The molecule has 1 amide bonds. The predicted octanol–water partition coefficient (Wildman–Crippen LogP) is 5.41. The number of anilines is 3. The average Bonchev–Trinajstić information content (AvgIpc) is 2.97. The predicted molar refractivity (Wildman–Crippen MR) is 165 cm³/mol. The maximum Gasteiger partial charge on any atom is 0.264 e. The van der Waals surface area contributed by atoms with Crippen LogP contribution in [-0.2, 0) is 24.8 Å². The number of carbonyl (C=O) groups excluding carboxylic acids is 1. The summed E-state index contributed by atoms with van der Waals surface area (Å²) in [5.74, 6) is 0.0279. The first-order valence-corrected chi connectivity index (χ1v) is 16.1. The molecule has 0 atom stereocenters. The van der Waals surface area contributed by atoms with Crippen molar-refractivity contribution < 1.29 is 31.1 Å². The van der Waals surface area contributed by atoms with Gasteiger partial charge in [-0.25, -0.2) is 16.8 Å². The Morgan fingerprint density at radius 1 is 0.762 bits per heavy atom. The molecule has 13 heteroatoms. The molecule has 4 rings (SSSR count). The summed E-state index contributed by atoms with van der Waals surface area (Å²) >= 11 is 3.30. The van der Waals surface area contributed by atoms with E-state index < -0.39 is 32.5 Å². The third-order valence-electron chi connectivity index (χ3n) is 6.10. The van der Waals surface area contributed by atoms with Gasteiger partial charge >= 0.3 is 0 Å². The van der Waals surface area contributed by atoms with Crippen molar-refractivity contribution in [3.63, 3.8) is 0 Å². The van der Waals surface area contributed by atoms with Gasteiger partial charge in [0.05, 0.1) is 29.7 Å². The van der Waals surface area contributed by atoms with Gasteiger partial charge in [-0.3, -0.25) is 13.8 Å². The van der Waals surface area contributed by atoms with E-state index in [1.807, 2.05) is 6.92 Å². The first kappa shape index (κ1) is 30.9. The van der Waals surface area contributed by atoms with Gasteiger partial charge < -0.3 is 14.8 Å². The van der Waals surface area contributed by atoms with Gasteiger partial charge in [-0.2, -0.15) is 0 Å². The van der Waals surface area contributed by atoms with E-state index in [9.17, 15) is 21.6 Å². The summed E-state index contributed by atoms with van der Waals surface area (Å²) in [4.78, 5) is 13.1. The average molecular weight is 675 g/mol. The van der Waals surface area contributed by atoms with Crippen LogP contribution in [0.15, 0.2) is 105 Å². The van der Waals surface area contributed by atoms with Crippen molar-refractivity contribution in [3.8, 4) is 11.5 Å². The Labute approximate surface area is 253 Å². The number of sulfonamides is 2. The zero-order chi connectivity index (χ0) is 30.5. The van der Waals surface area contributed by atoms with E-state index >= 15 is 0 Å². The second-order valence-corrected chi connectivity index (χ2v) is 13.5. The summed E-state index contributed by atoms with van der Waals surface area (Å²) in [6, 6.07) is 23.0. The molecule has 0 saturated carbocycles. The molecule has 0 aliphatic carbocycles. The van der Waals surface area contributed by atoms with Gasteiger partial charge in [0.1, 0.15) is 6.54 Å². The summed E-state index contributed by atoms with van der Waals surface area (Å²) in [7, 11) is -5.18. The summed E-state index contributed by atoms with van der Waals surface area (Å²) in [5, 5.41) is 2.64. The van der Waals surface area contributed by atoms with Gasteiger partial charge in [-0.1, -0.05) is 33.6 Å².